The Morgan fingerprint density at radius 1 is 0.472 bits per heavy atom. The average Bonchev–Trinajstić information content (AvgIpc) is 3.93. The van der Waals surface area contributed by atoms with E-state index in [9.17, 15) is 0 Å². The summed E-state index contributed by atoms with van der Waals surface area (Å²) in [6.07, 6.45) is 1.98. The standard InChI is InChI=1S/C51H32OS/c1-2-12-31(13-3-1)46-29-44-47(53-46)28-42-34-15-5-4-14-32(34)26-43(42)50(44)49-38-19-8-6-17-36(38)48(37-18-7-9-20-39(37)49)33-23-22-30-24-25-40-35-16-10-11-21-45(35)52-51(40)41(30)27-33/h1-25,27-28,46H,26,29H2. The van der Waals surface area contributed by atoms with Gasteiger partial charge in [-0.05, 0) is 120 Å². The quantitative estimate of drug-likeness (QED) is 0.171. The first-order valence-electron chi connectivity index (χ1n) is 18.6. The molecule has 1 aliphatic heterocycles. The smallest absolute Gasteiger partial charge is 0.143 e. The third kappa shape index (κ3) is 4.27. The van der Waals surface area contributed by atoms with E-state index in [-0.39, 0.29) is 0 Å². The van der Waals surface area contributed by atoms with Gasteiger partial charge < -0.3 is 4.42 Å². The first-order valence-corrected chi connectivity index (χ1v) is 19.4. The number of hydrogen-bond acceptors (Lipinski definition) is 2. The molecule has 9 aromatic carbocycles. The molecule has 1 atom stereocenters. The minimum Gasteiger partial charge on any atom is -0.455 e. The van der Waals surface area contributed by atoms with Crippen molar-refractivity contribution in [2.45, 2.75) is 23.0 Å². The molecule has 0 amide bonds. The van der Waals surface area contributed by atoms with Gasteiger partial charge in [0.25, 0.3) is 0 Å². The van der Waals surface area contributed by atoms with Crippen molar-refractivity contribution in [3.8, 4) is 33.4 Å². The highest BCUT2D eigenvalue weighted by atomic mass is 32.2. The lowest BCUT2D eigenvalue weighted by atomic mass is 9.81. The highest BCUT2D eigenvalue weighted by Gasteiger charge is 2.34. The Balaban J connectivity index is 1.15. The van der Waals surface area contributed by atoms with Crippen LogP contribution in [0.25, 0.3) is 87.6 Å². The van der Waals surface area contributed by atoms with Crippen LogP contribution in [0.3, 0.4) is 0 Å². The lowest BCUT2D eigenvalue weighted by Crippen LogP contribution is -2.00. The minimum atomic E-state index is 0.396. The Morgan fingerprint density at radius 3 is 1.92 bits per heavy atom. The van der Waals surface area contributed by atoms with Gasteiger partial charge >= 0.3 is 0 Å². The van der Waals surface area contributed by atoms with Gasteiger partial charge in [-0.25, -0.2) is 0 Å². The second kappa shape index (κ2) is 11.2. The van der Waals surface area contributed by atoms with Gasteiger partial charge in [-0.1, -0.05) is 140 Å². The predicted octanol–water partition coefficient (Wildman–Crippen LogP) is 14.3. The van der Waals surface area contributed by atoms with E-state index in [0.717, 1.165) is 40.2 Å². The number of hydrogen-bond donors (Lipinski definition) is 0. The summed E-state index contributed by atoms with van der Waals surface area (Å²) in [5.74, 6) is 0. The monoisotopic (exact) mass is 692 g/mol. The van der Waals surface area contributed by atoms with E-state index in [1.54, 1.807) is 0 Å². The van der Waals surface area contributed by atoms with Gasteiger partial charge in [0.2, 0.25) is 0 Å². The topological polar surface area (TPSA) is 13.1 Å². The van der Waals surface area contributed by atoms with Gasteiger partial charge in [0.1, 0.15) is 11.2 Å². The van der Waals surface area contributed by atoms with Crippen LogP contribution in [0.2, 0.25) is 0 Å². The molecule has 1 unspecified atom stereocenters. The summed E-state index contributed by atoms with van der Waals surface area (Å²) in [5, 5.41) is 10.2. The number of para-hydroxylation sites is 1. The fourth-order valence-corrected chi connectivity index (χ4v) is 10.9. The van der Waals surface area contributed by atoms with Crippen molar-refractivity contribution in [2.75, 3.05) is 0 Å². The molecule has 0 N–H and O–H groups in total. The van der Waals surface area contributed by atoms with E-state index in [1.807, 2.05) is 11.8 Å². The van der Waals surface area contributed by atoms with Crippen LogP contribution in [0.4, 0.5) is 0 Å². The molecule has 2 aliphatic rings. The number of fused-ring (bicyclic) bond motifs is 11. The van der Waals surface area contributed by atoms with Crippen molar-refractivity contribution in [3.63, 3.8) is 0 Å². The molecular formula is C51H32OS. The van der Waals surface area contributed by atoms with Crippen molar-refractivity contribution >= 4 is 66.0 Å². The number of thioether (sulfide) groups is 1. The Labute approximate surface area is 311 Å². The molecule has 248 valence electrons. The SMILES string of the molecule is c1ccc(C2Cc3c(cc4c(c3-c3c5ccccc5c(-c5ccc6ccc7c8ccccc8oc7c6c5)c5ccccc35)Cc3ccccc3-4)S2)cc1. The molecule has 0 spiro atoms. The Bertz CT molecular complexity index is 3090. The maximum Gasteiger partial charge on any atom is 0.143 e. The molecule has 2 heterocycles. The zero-order valence-corrected chi connectivity index (χ0v) is 29.7. The van der Waals surface area contributed by atoms with Crippen LogP contribution < -0.4 is 0 Å². The highest BCUT2D eigenvalue weighted by molar-refractivity contribution is 7.99. The maximum absolute atomic E-state index is 6.56. The third-order valence-electron chi connectivity index (χ3n) is 11.8. The number of furan rings is 1. The third-order valence-corrected chi connectivity index (χ3v) is 13.2. The highest BCUT2D eigenvalue weighted by Crippen LogP contribution is 2.57. The van der Waals surface area contributed by atoms with Crippen molar-refractivity contribution in [2.24, 2.45) is 0 Å². The molecule has 12 rings (SSSR count). The van der Waals surface area contributed by atoms with Crippen molar-refractivity contribution < 1.29 is 4.42 Å². The van der Waals surface area contributed by atoms with Gasteiger partial charge in [-0.2, -0.15) is 0 Å². The lowest BCUT2D eigenvalue weighted by Gasteiger charge is -2.22. The normalized spacial score (nSPS) is 14.8. The van der Waals surface area contributed by atoms with Gasteiger partial charge in [-0.3, -0.25) is 0 Å². The van der Waals surface area contributed by atoms with E-state index >= 15 is 0 Å². The van der Waals surface area contributed by atoms with Crippen LogP contribution in [-0.2, 0) is 12.8 Å². The molecule has 1 aromatic heterocycles. The van der Waals surface area contributed by atoms with Crippen molar-refractivity contribution in [3.05, 3.63) is 186 Å². The molecule has 0 radical (unpaired) electrons. The molecule has 10 aromatic rings. The zero-order valence-electron chi connectivity index (χ0n) is 28.9. The summed E-state index contributed by atoms with van der Waals surface area (Å²) in [6, 6.07) is 60.7. The summed E-state index contributed by atoms with van der Waals surface area (Å²) in [7, 11) is 0. The number of benzene rings is 9. The van der Waals surface area contributed by atoms with Crippen LogP contribution in [0.15, 0.2) is 173 Å². The van der Waals surface area contributed by atoms with Crippen LogP contribution in [-0.4, -0.2) is 0 Å². The van der Waals surface area contributed by atoms with Crippen molar-refractivity contribution in [1.82, 2.24) is 0 Å². The molecule has 0 saturated heterocycles. The molecule has 1 nitrogen and oxygen atoms in total. The maximum atomic E-state index is 6.56. The van der Waals surface area contributed by atoms with Crippen LogP contribution in [0.5, 0.6) is 0 Å². The van der Waals surface area contributed by atoms with Gasteiger partial charge in [0, 0.05) is 26.3 Å². The predicted molar refractivity (Wildman–Crippen MR) is 224 cm³/mol. The van der Waals surface area contributed by atoms with Crippen LogP contribution >= 0.6 is 11.8 Å². The fourth-order valence-electron chi connectivity index (χ4n) is 9.51. The second-order valence-corrected chi connectivity index (χ2v) is 15.9. The van der Waals surface area contributed by atoms with Crippen LogP contribution in [0, 0.1) is 0 Å². The second-order valence-electron chi connectivity index (χ2n) is 14.6. The van der Waals surface area contributed by atoms with E-state index in [2.05, 4.69) is 164 Å². The lowest BCUT2D eigenvalue weighted by molar-refractivity contribution is 0.672. The molecule has 0 saturated carbocycles. The van der Waals surface area contributed by atoms with Gasteiger partial charge in [0.05, 0.1) is 0 Å². The summed E-state index contributed by atoms with van der Waals surface area (Å²) in [6.45, 7) is 0. The first kappa shape index (κ1) is 29.5. The Hall–Kier alpha value is -6.09. The Morgan fingerprint density at radius 2 is 1.13 bits per heavy atom. The van der Waals surface area contributed by atoms with Crippen molar-refractivity contribution in [1.29, 1.82) is 0 Å². The van der Waals surface area contributed by atoms with E-state index in [1.165, 1.54) is 87.5 Å². The minimum absolute atomic E-state index is 0.396. The fraction of sp³-hybridized carbons (Fsp3) is 0.0588. The first-order chi connectivity index (χ1) is 26.3. The van der Waals surface area contributed by atoms with E-state index < -0.39 is 0 Å². The zero-order chi connectivity index (χ0) is 34.6. The summed E-state index contributed by atoms with van der Waals surface area (Å²) in [4.78, 5) is 1.42. The largest absolute Gasteiger partial charge is 0.455 e. The molecule has 0 fully saturated rings. The number of rotatable bonds is 3. The summed E-state index contributed by atoms with van der Waals surface area (Å²) >= 11 is 2.04. The summed E-state index contributed by atoms with van der Waals surface area (Å²) in [5.41, 5.74) is 15.8. The van der Waals surface area contributed by atoms with E-state index in [4.69, 9.17) is 4.42 Å². The molecule has 2 heteroatoms. The molecular weight excluding hydrogens is 661 g/mol. The van der Waals surface area contributed by atoms with Gasteiger partial charge in [0.15, 0.2) is 0 Å². The summed E-state index contributed by atoms with van der Waals surface area (Å²) < 4.78 is 6.56. The van der Waals surface area contributed by atoms with Gasteiger partial charge in [-0.15, -0.1) is 11.8 Å². The molecule has 1 aliphatic carbocycles. The van der Waals surface area contributed by atoms with Crippen LogP contribution in [0.1, 0.15) is 27.5 Å². The molecule has 53 heavy (non-hydrogen) atoms. The Kier molecular flexibility index (Phi) is 6.23. The van der Waals surface area contributed by atoms with E-state index in [0.29, 0.717) is 5.25 Å². The average molecular weight is 693 g/mol. The molecule has 0 bridgehead atoms.